The minimum absolute atomic E-state index is 0.299. The van der Waals surface area contributed by atoms with E-state index in [0.29, 0.717) is 35.8 Å². The first-order valence-electron chi connectivity index (χ1n) is 8.54. The number of rotatable bonds is 3. The maximum atomic E-state index is 12.4. The van der Waals surface area contributed by atoms with Gasteiger partial charge in [0.15, 0.2) is 5.13 Å². The third-order valence-corrected chi connectivity index (χ3v) is 5.59. The van der Waals surface area contributed by atoms with Gasteiger partial charge in [0.25, 0.3) is 11.8 Å². The summed E-state index contributed by atoms with van der Waals surface area (Å²) < 4.78 is 4.73. The first kappa shape index (κ1) is 18.1. The molecule has 0 radical (unpaired) electrons. The molecule has 4 amide bonds. The second kappa shape index (κ2) is 7.04. The minimum atomic E-state index is -0.509. The van der Waals surface area contributed by atoms with E-state index in [-0.39, 0.29) is 6.54 Å². The van der Waals surface area contributed by atoms with Crippen molar-refractivity contribution in [3.05, 3.63) is 46.0 Å². The van der Waals surface area contributed by atoms with Crippen LogP contribution in [0.4, 0.5) is 9.93 Å². The molecule has 28 heavy (non-hydrogen) atoms. The van der Waals surface area contributed by atoms with Crippen LogP contribution in [0.2, 0.25) is 0 Å². The molecular weight excluding hydrogens is 384 g/mol. The molecule has 2 aliphatic heterocycles. The van der Waals surface area contributed by atoms with Gasteiger partial charge in [0, 0.05) is 17.8 Å². The average molecular weight is 400 g/mol. The molecule has 0 bridgehead atoms. The quantitative estimate of drug-likeness (QED) is 0.782. The van der Waals surface area contributed by atoms with Crippen LogP contribution in [-0.4, -0.2) is 58.8 Å². The molecule has 1 N–H and O–H groups in total. The molecule has 144 valence electrons. The van der Waals surface area contributed by atoms with Gasteiger partial charge in [-0.25, -0.2) is 9.78 Å². The molecule has 0 aliphatic carbocycles. The standard InChI is InChI=1S/C18H16N4O5S/c1-27-18(26)21-7-6-12-13(8-21)28-17(19-12)20-14(23)9-22-15(24)10-4-2-3-5-11(10)16(22)25/h2-5H,6-9H2,1H3,(H,19,20,23). The van der Waals surface area contributed by atoms with Gasteiger partial charge in [-0.1, -0.05) is 23.5 Å². The van der Waals surface area contributed by atoms with Crippen LogP contribution >= 0.6 is 11.3 Å². The second-order valence-electron chi connectivity index (χ2n) is 6.32. The summed E-state index contributed by atoms with van der Waals surface area (Å²) in [5, 5.41) is 3.01. The molecule has 1 aromatic carbocycles. The van der Waals surface area contributed by atoms with E-state index in [0.717, 1.165) is 15.5 Å². The van der Waals surface area contributed by atoms with Gasteiger partial charge in [-0.3, -0.25) is 19.3 Å². The summed E-state index contributed by atoms with van der Waals surface area (Å²) in [7, 11) is 1.33. The first-order chi connectivity index (χ1) is 13.5. The number of nitrogens with one attached hydrogen (secondary N) is 1. The second-order valence-corrected chi connectivity index (χ2v) is 7.40. The van der Waals surface area contributed by atoms with Crippen molar-refractivity contribution in [2.24, 2.45) is 0 Å². The fourth-order valence-electron chi connectivity index (χ4n) is 3.22. The van der Waals surface area contributed by atoms with E-state index < -0.39 is 23.8 Å². The number of nitrogens with zero attached hydrogens (tertiary/aromatic N) is 3. The van der Waals surface area contributed by atoms with E-state index in [1.165, 1.54) is 18.4 Å². The summed E-state index contributed by atoms with van der Waals surface area (Å²) in [5.41, 5.74) is 1.42. The van der Waals surface area contributed by atoms with Gasteiger partial charge >= 0.3 is 6.09 Å². The number of amides is 4. The fraction of sp³-hybridized carbons (Fsp3) is 0.278. The summed E-state index contributed by atoms with van der Waals surface area (Å²) in [5.74, 6) is -1.48. The molecule has 3 heterocycles. The SMILES string of the molecule is COC(=O)N1CCc2nc(NC(=O)CN3C(=O)c4ccccc4C3=O)sc2C1. The molecule has 10 heteroatoms. The number of fused-ring (bicyclic) bond motifs is 2. The predicted octanol–water partition coefficient (Wildman–Crippen LogP) is 1.50. The van der Waals surface area contributed by atoms with Crippen molar-refractivity contribution in [2.45, 2.75) is 13.0 Å². The van der Waals surface area contributed by atoms with E-state index in [4.69, 9.17) is 4.74 Å². The van der Waals surface area contributed by atoms with Gasteiger partial charge in [-0.2, -0.15) is 0 Å². The molecule has 1 aromatic heterocycles. The van der Waals surface area contributed by atoms with Crippen LogP contribution in [0, 0.1) is 0 Å². The zero-order valence-corrected chi connectivity index (χ0v) is 15.7. The van der Waals surface area contributed by atoms with Crippen molar-refractivity contribution < 1.29 is 23.9 Å². The minimum Gasteiger partial charge on any atom is -0.453 e. The Morgan fingerprint density at radius 2 is 1.89 bits per heavy atom. The molecule has 4 rings (SSSR count). The molecule has 2 aliphatic rings. The largest absolute Gasteiger partial charge is 0.453 e. The summed E-state index contributed by atoms with van der Waals surface area (Å²) in [6.07, 6.45) is 0.158. The number of ether oxygens (including phenoxy) is 1. The van der Waals surface area contributed by atoms with Crippen LogP contribution in [0.25, 0.3) is 0 Å². The Morgan fingerprint density at radius 1 is 1.21 bits per heavy atom. The van der Waals surface area contributed by atoms with E-state index >= 15 is 0 Å². The molecule has 0 saturated carbocycles. The number of aromatic nitrogens is 1. The lowest BCUT2D eigenvalue weighted by Gasteiger charge is -2.24. The lowest BCUT2D eigenvalue weighted by molar-refractivity contribution is -0.116. The zero-order valence-electron chi connectivity index (χ0n) is 14.9. The van der Waals surface area contributed by atoms with Crippen LogP contribution in [0.1, 0.15) is 31.3 Å². The van der Waals surface area contributed by atoms with E-state index in [1.54, 1.807) is 29.2 Å². The fourth-order valence-corrected chi connectivity index (χ4v) is 4.26. The Kier molecular flexibility index (Phi) is 4.55. The van der Waals surface area contributed by atoms with Crippen LogP contribution in [0.15, 0.2) is 24.3 Å². The summed E-state index contributed by atoms with van der Waals surface area (Å²) >= 11 is 1.26. The number of anilines is 1. The molecule has 0 saturated heterocycles. The molecule has 0 atom stereocenters. The highest BCUT2D eigenvalue weighted by Crippen LogP contribution is 2.29. The average Bonchev–Trinajstić information content (AvgIpc) is 3.20. The summed E-state index contributed by atoms with van der Waals surface area (Å²) in [6.45, 7) is 0.477. The third kappa shape index (κ3) is 3.11. The molecule has 0 spiro atoms. The molecule has 0 fully saturated rings. The van der Waals surface area contributed by atoms with Gasteiger partial charge in [0.2, 0.25) is 5.91 Å². The normalized spacial score (nSPS) is 15.3. The monoisotopic (exact) mass is 400 g/mol. The number of imide groups is 1. The Morgan fingerprint density at radius 3 is 2.54 bits per heavy atom. The number of hydrogen-bond donors (Lipinski definition) is 1. The van der Waals surface area contributed by atoms with Crippen molar-refractivity contribution in [1.29, 1.82) is 0 Å². The predicted molar refractivity (Wildman–Crippen MR) is 99.1 cm³/mol. The van der Waals surface area contributed by atoms with Gasteiger partial charge in [-0.05, 0) is 12.1 Å². The zero-order chi connectivity index (χ0) is 19.8. The summed E-state index contributed by atoms with van der Waals surface area (Å²) in [6, 6.07) is 6.47. The van der Waals surface area contributed by atoms with Crippen LogP contribution in [-0.2, 0) is 22.5 Å². The Bertz CT molecular complexity index is 967. The Balaban J connectivity index is 1.42. The van der Waals surface area contributed by atoms with Crippen molar-refractivity contribution in [3.8, 4) is 0 Å². The smallest absolute Gasteiger partial charge is 0.409 e. The van der Waals surface area contributed by atoms with Crippen LogP contribution in [0.5, 0.6) is 0 Å². The number of carbonyl (C=O) groups is 4. The number of methoxy groups -OCH3 is 1. The molecule has 0 unspecified atom stereocenters. The lowest BCUT2D eigenvalue weighted by atomic mass is 10.1. The maximum absolute atomic E-state index is 12.4. The Labute approximate surface area is 163 Å². The van der Waals surface area contributed by atoms with Gasteiger partial charge in [-0.15, -0.1) is 0 Å². The highest BCUT2D eigenvalue weighted by Gasteiger charge is 2.36. The van der Waals surface area contributed by atoms with Gasteiger partial charge in [0.1, 0.15) is 6.54 Å². The Hall–Kier alpha value is -3.27. The van der Waals surface area contributed by atoms with Crippen molar-refractivity contribution in [2.75, 3.05) is 25.5 Å². The molecule has 9 nitrogen and oxygen atoms in total. The highest BCUT2D eigenvalue weighted by atomic mass is 32.1. The first-order valence-corrected chi connectivity index (χ1v) is 9.36. The number of benzene rings is 1. The van der Waals surface area contributed by atoms with Crippen molar-refractivity contribution in [1.82, 2.24) is 14.8 Å². The lowest BCUT2D eigenvalue weighted by Crippen LogP contribution is -2.37. The summed E-state index contributed by atoms with van der Waals surface area (Å²) in [4.78, 5) is 56.5. The van der Waals surface area contributed by atoms with E-state index in [1.807, 2.05) is 0 Å². The number of thiazole rings is 1. The third-order valence-electron chi connectivity index (χ3n) is 4.59. The number of hydrogen-bond acceptors (Lipinski definition) is 7. The van der Waals surface area contributed by atoms with Gasteiger partial charge in [0.05, 0.1) is 30.5 Å². The maximum Gasteiger partial charge on any atom is 0.409 e. The van der Waals surface area contributed by atoms with E-state index in [2.05, 4.69) is 10.3 Å². The molecular formula is C18H16N4O5S. The van der Waals surface area contributed by atoms with Crippen molar-refractivity contribution in [3.63, 3.8) is 0 Å². The van der Waals surface area contributed by atoms with Gasteiger partial charge < -0.3 is 15.0 Å². The van der Waals surface area contributed by atoms with Crippen molar-refractivity contribution >= 4 is 40.3 Å². The van der Waals surface area contributed by atoms with Crippen LogP contribution in [0.3, 0.4) is 0 Å². The van der Waals surface area contributed by atoms with Crippen LogP contribution < -0.4 is 5.32 Å². The highest BCUT2D eigenvalue weighted by molar-refractivity contribution is 7.15. The van der Waals surface area contributed by atoms with E-state index in [9.17, 15) is 19.2 Å². The topological polar surface area (TPSA) is 109 Å². The number of carbonyl (C=O) groups excluding carboxylic acids is 4. The molecule has 2 aromatic rings.